The molecular weight excluding hydrogens is 308 g/mol. The number of ether oxygens (including phenoxy) is 1. The van der Waals surface area contributed by atoms with Gasteiger partial charge in [-0.3, -0.25) is 0 Å². The van der Waals surface area contributed by atoms with Gasteiger partial charge in [0.05, 0.1) is 24.9 Å². The van der Waals surface area contributed by atoms with E-state index in [9.17, 15) is 5.11 Å². The fourth-order valence-corrected chi connectivity index (χ4v) is 3.02. The van der Waals surface area contributed by atoms with Gasteiger partial charge in [-0.1, -0.05) is 0 Å². The van der Waals surface area contributed by atoms with Gasteiger partial charge in [0, 0.05) is 51.1 Å². The van der Waals surface area contributed by atoms with Gasteiger partial charge in [0.2, 0.25) is 5.95 Å². The summed E-state index contributed by atoms with van der Waals surface area (Å²) in [7, 11) is 1.97. The second-order valence-electron chi connectivity index (χ2n) is 6.41. The van der Waals surface area contributed by atoms with Gasteiger partial charge in [-0.05, 0) is 6.42 Å². The van der Waals surface area contributed by atoms with Crippen molar-refractivity contribution in [1.29, 1.82) is 0 Å². The molecule has 1 atom stereocenters. The SMILES string of the molecule is Cn1ccnc1CNc1cc([C@H]2CCOC2)nc(N2CC(O)C2)n1. The summed E-state index contributed by atoms with van der Waals surface area (Å²) in [4.78, 5) is 15.6. The van der Waals surface area contributed by atoms with Crippen molar-refractivity contribution in [2.24, 2.45) is 7.05 Å². The standard InChI is InChI=1S/C16H22N6O2/c1-21-4-3-17-15(21)7-18-14-6-13(11-2-5-24-10-11)19-16(20-14)22-8-12(23)9-22/h3-4,6,11-12,23H,2,5,7-10H2,1H3,(H,18,19,20)/t11-/m0/s1. The van der Waals surface area contributed by atoms with Crippen LogP contribution in [0.25, 0.3) is 0 Å². The van der Waals surface area contributed by atoms with Gasteiger partial charge in [-0.2, -0.15) is 4.98 Å². The summed E-state index contributed by atoms with van der Waals surface area (Å²) in [6.07, 6.45) is 4.41. The highest BCUT2D eigenvalue weighted by Gasteiger charge is 2.28. The fraction of sp³-hybridized carbons (Fsp3) is 0.562. The van der Waals surface area contributed by atoms with Crippen molar-refractivity contribution in [3.05, 3.63) is 30.0 Å². The molecular formula is C16H22N6O2. The summed E-state index contributed by atoms with van der Waals surface area (Å²) in [6, 6.07) is 2.00. The average molecular weight is 330 g/mol. The fourth-order valence-electron chi connectivity index (χ4n) is 3.02. The van der Waals surface area contributed by atoms with E-state index in [1.165, 1.54) is 0 Å². The number of aryl methyl sites for hydroxylation is 1. The van der Waals surface area contributed by atoms with Crippen molar-refractivity contribution in [2.45, 2.75) is 25.0 Å². The Balaban J connectivity index is 1.56. The zero-order chi connectivity index (χ0) is 16.5. The summed E-state index contributed by atoms with van der Waals surface area (Å²) in [6.45, 7) is 3.26. The third kappa shape index (κ3) is 3.07. The molecule has 2 aromatic heterocycles. The van der Waals surface area contributed by atoms with Gasteiger partial charge >= 0.3 is 0 Å². The monoisotopic (exact) mass is 330 g/mol. The van der Waals surface area contributed by atoms with Crippen LogP contribution in [0.2, 0.25) is 0 Å². The Kier molecular flexibility index (Phi) is 4.07. The van der Waals surface area contributed by atoms with Crippen LogP contribution in [-0.4, -0.2) is 57.0 Å². The van der Waals surface area contributed by atoms with Crippen LogP contribution in [0.3, 0.4) is 0 Å². The molecule has 0 spiro atoms. The second kappa shape index (κ2) is 6.37. The zero-order valence-electron chi connectivity index (χ0n) is 13.7. The number of hydrogen-bond acceptors (Lipinski definition) is 7. The molecule has 128 valence electrons. The van der Waals surface area contributed by atoms with Crippen molar-refractivity contribution >= 4 is 11.8 Å². The molecule has 24 heavy (non-hydrogen) atoms. The maximum atomic E-state index is 9.54. The third-order valence-electron chi connectivity index (χ3n) is 4.58. The van der Waals surface area contributed by atoms with Crippen LogP contribution in [-0.2, 0) is 18.3 Å². The Hall–Kier alpha value is -2.19. The minimum absolute atomic E-state index is 0.281. The molecule has 0 aromatic carbocycles. The molecule has 8 heteroatoms. The Labute approximate surface area is 140 Å². The number of aliphatic hydroxyl groups is 1. The van der Waals surface area contributed by atoms with Crippen LogP contribution in [0.15, 0.2) is 18.5 Å². The molecule has 0 radical (unpaired) electrons. The van der Waals surface area contributed by atoms with Crippen molar-refractivity contribution in [3.8, 4) is 0 Å². The second-order valence-corrected chi connectivity index (χ2v) is 6.41. The topological polar surface area (TPSA) is 88.3 Å². The highest BCUT2D eigenvalue weighted by atomic mass is 16.5. The number of aliphatic hydroxyl groups excluding tert-OH is 1. The van der Waals surface area contributed by atoms with E-state index in [-0.39, 0.29) is 6.10 Å². The Morgan fingerprint density at radius 1 is 1.38 bits per heavy atom. The van der Waals surface area contributed by atoms with Crippen molar-refractivity contribution in [2.75, 3.05) is 36.5 Å². The number of nitrogens with zero attached hydrogens (tertiary/aromatic N) is 5. The minimum atomic E-state index is -0.281. The van der Waals surface area contributed by atoms with Gasteiger partial charge in [0.15, 0.2) is 0 Å². The minimum Gasteiger partial charge on any atom is -0.389 e. The molecule has 2 aliphatic rings. The number of anilines is 2. The Morgan fingerprint density at radius 2 is 2.25 bits per heavy atom. The van der Waals surface area contributed by atoms with Crippen molar-refractivity contribution < 1.29 is 9.84 Å². The lowest BCUT2D eigenvalue weighted by Crippen LogP contribution is -2.51. The quantitative estimate of drug-likeness (QED) is 0.825. The largest absolute Gasteiger partial charge is 0.389 e. The smallest absolute Gasteiger partial charge is 0.227 e. The third-order valence-corrected chi connectivity index (χ3v) is 4.58. The van der Waals surface area contributed by atoms with E-state index >= 15 is 0 Å². The molecule has 2 N–H and O–H groups in total. The molecule has 2 fully saturated rings. The summed E-state index contributed by atoms with van der Waals surface area (Å²) in [5.41, 5.74) is 1.00. The molecule has 2 aromatic rings. The number of hydrogen-bond donors (Lipinski definition) is 2. The molecule has 0 aliphatic carbocycles. The van der Waals surface area contributed by atoms with Crippen LogP contribution >= 0.6 is 0 Å². The molecule has 4 rings (SSSR count). The molecule has 2 saturated heterocycles. The maximum absolute atomic E-state index is 9.54. The Bertz CT molecular complexity index is 706. The van der Waals surface area contributed by atoms with Gasteiger partial charge in [0.25, 0.3) is 0 Å². The molecule has 8 nitrogen and oxygen atoms in total. The van der Waals surface area contributed by atoms with Gasteiger partial charge in [-0.25, -0.2) is 9.97 Å². The lowest BCUT2D eigenvalue weighted by Gasteiger charge is -2.36. The summed E-state index contributed by atoms with van der Waals surface area (Å²) < 4.78 is 7.47. The van der Waals surface area contributed by atoms with E-state index in [2.05, 4.69) is 15.3 Å². The van der Waals surface area contributed by atoms with Crippen molar-refractivity contribution in [1.82, 2.24) is 19.5 Å². The predicted molar refractivity (Wildman–Crippen MR) is 89.0 cm³/mol. The number of imidazole rings is 1. The Morgan fingerprint density at radius 3 is 2.92 bits per heavy atom. The summed E-state index contributed by atoms with van der Waals surface area (Å²) in [5, 5.41) is 12.9. The predicted octanol–water partition coefficient (Wildman–Crippen LogP) is 0.507. The van der Waals surface area contributed by atoms with Crippen LogP contribution in [0.5, 0.6) is 0 Å². The lowest BCUT2D eigenvalue weighted by molar-refractivity contribution is 0.140. The highest BCUT2D eigenvalue weighted by molar-refractivity contribution is 5.46. The number of β-amino-alcohol motifs (C(OH)–C–C–N with tert-alkyl or cyclic N) is 1. The first kappa shape index (κ1) is 15.3. The number of rotatable bonds is 5. The first-order valence-corrected chi connectivity index (χ1v) is 8.29. The molecule has 0 saturated carbocycles. The molecule has 0 unspecified atom stereocenters. The number of nitrogens with one attached hydrogen (secondary N) is 1. The van der Waals surface area contributed by atoms with Gasteiger partial charge in [0.1, 0.15) is 11.6 Å². The van der Waals surface area contributed by atoms with Gasteiger partial charge in [-0.15, -0.1) is 0 Å². The van der Waals surface area contributed by atoms with Crippen LogP contribution in [0.1, 0.15) is 23.9 Å². The molecule has 2 aliphatic heterocycles. The highest BCUT2D eigenvalue weighted by Crippen LogP contribution is 2.28. The summed E-state index contributed by atoms with van der Waals surface area (Å²) >= 11 is 0. The van der Waals surface area contributed by atoms with Gasteiger partial charge < -0.3 is 24.6 Å². The van der Waals surface area contributed by atoms with Crippen LogP contribution in [0.4, 0.5) is 11.8 Å². The first-order valence-electron chi connectivity index (χ1n) is 8.29. The lowest BCUT2D eigenvalue weighted by atomic mass is 10.0. The number of aromatic nitrogens is 4. The molecule has 0 bridgehead atoms. The van der Waals surface area contributed by atoms with E-state index < -0.39 is 0 Å². The van der Waals surface area contributed by atoms with Crippen LogP contribution < -0.4 is 10.2 Å². The van der Waals surface area contributed by atoms with E-state index in [1.54, 1.807) is 6.20 Å². The summed E-state index contributed by atoms with van der Waals surface area (Å²) in [5.74, 6) is 2.71. The molecule has 0 amide bonds. The zero-order valence-corrected chi connectivity index (χ0v) is 13.7. The molecule has 4 heterocycles. The maximum Gasteiger partial charge on any atom is 0.227 e. The average Bonchev–Trinajstić information content (AvgIpc) is 3.21. The van der Waals surface area contributed by atoms with E-state index in [1.807, 2.05) is 28.8 Å². The van der Waals surface area contributed by atoms with Crippen LogP contribution in [0, 0.1) is 0 Å². The van der Waals surface area contributed by atoms with Crippen molar-refractivity contribution in [3.63, 3.8) is 0 Å². The van der Waals surface area contributed by atoms with E-state index in [4.69, 9.17) is 9.72 Å². The first-order chi connectivity index (χ1) is 11.7. The van der Waals surface area contributed by atoms with E-state index in [0.717, 1.165) is 30.4 Å². The normalized spacial score (nSPS) is 21.1. The van der Waals surface area contributed by atoms with E-state index in [0.29, 0.717) is 38.1 Å².